The van der Waals surface area contributed by atoms with E-state index in [0.29, 0.717) is 12.4 Å². The summed E-state index contributed by atoms with van der Waals surface area (Å²) in [6.45, 7) is 8.45. The fourth-order valence-electron chi connectivity index (χ4n) is 4.49. The van der Waals surface area contributed by atoms with Gasteiger partial charge in [0.1, 0.15) is 0 Å². The van der Waals surface area contributed by atoms with Gasteiger partial charge in [0.05, 0.1) is 20.8 Å². The molecule has 0 saturated carbocycles. The van der Waals surface area contributed by atoms with Crippen LogP contribution in [0, 0.1) is 0 Å². The summed E-state index contributed by atoms with van der Waals surface area (Å²) in [5, 5.41) is 3.71. The highest BCUT2D eigenvalue weighted by molar-refractivity contribution is 5.53. The van der Waals surface area contributed by atoms with Crippen LogP contribution in [0.25, 0.3) is 0 Å². The van der Waals surface area contributed by atoms with E-state index >= 15 is 0 Å². The van der Waals surface area contributed by atoms with Crippen molar-refractivity contribution in [3.05, 3.63) is 17.7 Å². The number of rotatable bonds is 9. The van der Waals surface area contributed by atoms with Gasteiger partial charge in [0.15, 0.2) is 11.5 Å². The number of nitrogens with zero attached hydrogens (tertiary/aromatic N) is 1. The molecular formula is C22H36N2O4. The maximum absolute atomic E-state index is 5.71. The van der Waals surface area contributed by atoms with Crippen molar-refractivity contribution in [3.63, 3.8) is 0 Å². The van der Waals surface area contributed by atoms with E-state index in [-0.39, 0.29) is 5.54 Å². The lowest BCUT2D eigenvalue weighted by Crippen LogP contribution is -2.59. The van der Waals surface area contributed by atoms with Gasteiger partial charge in [-0.15, -0.1) is 0 Å². The molecule has 2 aliphatic heterocycles. The summed E-state index contributed by atoms with van der Waals surface area (Å²) in [6, 6.07) is 4.08. The van der Waals surface area contributed by atoms with Gasteiger partial charge in [-0.3, -0.25) is 4.90 Å². The van der Waals surface area contributed by atoms with Crippen molar-refractivity contribution in [2.24, 2.45) is 0 Å². The standard InChI is InChI=1S/C22H36N2O4/c1-4-28-21-19(25-2)14-18(15-20(21)26-3)16-23-17-22(8-12-27-13-9-22)24-10-6-5-7-11-24/h14-15,23H,4-13,16-17H2,1-3H3. The highest BCUT2D eigenvalue weighted by Crippen LogP contribution is 2.38. The van der Waals surface area contributed by atoms with E-state index < -0.39 is 0 Å². The fourth-order valence-corrected chi connectivity index (χ4v) is 4.49. The molecule has 2 aliphatic rings. The predicted molar refractivity (Wildman–Crippen MR) is 111 cm³/mol. The molecule has 0 bridgehead atoms. The van der Waals surface area contributed by atoms with Crippen molar-refractivity contribution in [2.75, 3.05) is 53.7 Å². The monoisotopic (exact) mass is 392 g/mol. The summed E-state index contributed by atoms with van der Waals surface area (Å²) >= 11 is 0. The molecule has 3 rings (SSSR count). The lowest BCUT2D eigenvalue weighted by Gasteiger charge is -2.48. The SMILES string of the molecule is CCOc1c(OC)cc(CNCC2(N3CCCCC3)CCOCC2)cc1OC. The average molecular weight is 393 g/mol. The van der Waals surface area contributed by atoms with E-state index in [1.54, 1.807) is 14.2 Å². The van der Waals surface area contributed by atoms with Gasteiger partial charge in [0.2, 0.25) is 5.75 Å². The van der Waals surface area contributed by atoms with Gasteiger partial charge in [-0.1, -0.05) is 6.42 Å². The minimum Gasteiger partial charge on any atom is -0.493 e. The van der Waals surface area contributed by atoms with Crippen molar-refractivity contribution < 1.29 is 18.9 Å². The summed E-state index contributed by atoms with van der Waals surface area (Å²) in [5.74, 6) is 2.11. The molecule has 0 radical (unpaired) electrons. The number of methoxy groups -OCH3 is 2. The second kappa shape index (κ2) is 10.3. The highest BCUT2D eigenvalue weighted by Gasteiger charge is 2.38. The van der Waals surface area contributed by atoms with E-state index in [0.717, 1.165) is 56.2 Å². The second-order valence-electron chi connectivity index (χ2n) is 7.75. The van der Waals surface area contributed by atoms with Crippen molar-refractivity contribution in [2.45, 2.75) is 51.1 Å². The summed E-state index contributed by atoms with van der Waals surface area (Å²) in [7, 11) is 3.34. The summed E-state index contributed by atoms with van der Waals surface area (Å²) in [6.07, 6.45) is 6.21. The molecule has 0 aliphatic carbocycles. The van der Waals surface area contributed by atoms with Gasteiger partial charge >= 0.3 is 0 Å². The summed E-state index contributed by atoms with van der Waals surface area (Å²) in [4.78, 5) is 2.71. The van der Waals surface area contributed by atoms with Crippen LogP contribution >= 0.6 is 0 Å². The third-order valence-corrected chi connectivity index (χ3v) is 6.04. The van der Waals surface area contributed by atoms with Gasteiger partial charge in [0.25, 0.3) is 0 Å². The third kappa shape index (κ3) is 4.91. The Hall–Kier alpha value is -1.50. The molecule has 2 heterocycles. The Labute approximate surface area is 169 Å². The zero-order valence-corrected chi connectivity index (χ0v) is 17.7. The van der Waals surface area contributed by atoms with Crippen LogP contribution in [0.2, 0.25) is 0 Å². The van der Waals surface area contributed by atoms with Crippen molar-refractivity contribution in [1.82, 2.24) is 10.2 Å². The Balaban J connectivity index is 1.68. The fraction of sp³-hybridized carbons (Fsp3) is 0.727. The molecule has 28 heavy (non-hydrogen) atoms. The van der Waals surface area contributed by atoms with Crippen LogP contribution in [0.4, 0.5) is 0 Å². The zero-order chi connectivity index (χ0) is 19.8. The zero-order valence-electron chi connectivity index (χ0n) is 17.7. The normalized spacial score (nSPS) is 20.0. The van der Waals surface area contributed by atoms with Crippen LogP contribution in [0.15, 0.2) is 12.1 Å². The first-order chi connectivity index (χ1) is 13.7. The number of ether oxygens (including phenoxy) is 4. The topological polar surface area (TPSA) is 52.2 Å². The molecule has 2 saturated heterocycles. The van der Waals surface area contributed by atoms with Gasteiger partial charge in [-0.2, -0.15) is 0 Å². The number of hydrogen-bond donors (Lipinski definition) is 1. The van der Waals surface area contributed by atoms with Crippen molar-refractivity contribution >= 4 is 0 Å². The first kappa shape index (κ1) is 21.2. The van der Waals surface area contributed by atoms with E-state index in [1.165, 1.54) is 32.4 Å². The van der Waals surface area contributed by atoms with E-state index in [4.69, 9.17) is 18.9 Å². The Kier molecular flexibility index (Phi) is 7.82. The molecule has 6 nitrogen and oxygen atoms in total. The van der Waals surface area contributed by atoms with Crippen LogP contribution < -0.4 is 19.5 Å². The largest absolute Gasteiger partial charge is 0.493 e. The number of piperidine rings is 1. The predicted octanol–water partition coefficient (Wildman–Crippen LogP) is 3.23. The highest BCUT2D eigenvalue weighted by atomic mass is 16.5. The molecule has 1 aromatic carbocycles. The molecular weight excluding hydrogens is 356 g/mol. The quantitative estimate of drug-likeness (QED) is 0.696. The molecule has 0 atom stereocenters. The second-order valence-corrected chi connectivity index (χ2v) is 7.75. The number of likely N-dealkylation sites (tertiary alicyclic amines) is 1. The Bertz CT molecular complexity index is 586. The van der Waals surface area contributed by atoms with Crippen LogP contribution in [-0.2, 0) is 11.3 Å². The van der Waals surface area contributed by atoms with Gasteiger partial charge in [0, 0.05) is 31.8 Å². The maximum atomic E-state index is 5.71. The molecule has 1 N–H and O–H groups in total. The molecule has 0 amide bonds. The smallest absolute Gasteiger partial charge is 0.203 e. The minimum absolute atomic E-state index is 0.220. The van der Waals surface area contributed by atoms with Crippen LogP contribution in [0.5, 0.6) is 17.2 Å². The Morgan fingerprint density at radius 2 is 1.68 bits per heavy atom. The van der Waals surface area contributed by atoms with E-state index in [9.17, 15) is 0 Å². The van der Waals surface area contributed by atoms with Crippen molar-refractivity contribution in [3.8, 4) is 17.2 Å². The minimum atomic E-state index is 0.220. The lowest BCUT2D eigenvalue weighted by molar-refractivity contribution is -0.0358. The lowest BCUT2D eigenvalue weighted by atomic mass is 9.86. The first-order valence-corrected chi connectivity index (χ1v) is 10.6. The van der Waals surface area contributed by atoms with E-state index in [2.05, 4.69) is 10.2 Å². The van der Waals surface area contributed by atoms with Crippen LogP contribution in [-0.4, -0.2) is 64.1 Å². The van der Waals surface area contributed by atoms with Crippen LogP contribution in [0.3, 0.4) is 0 Å². The van der Waals surface area contributed by atoms with Gasteiger partial charge in [-0.05, 0) is 63.4 Å². The Morgan fingerprint density at radius 1 is 1.04 bits per heavy atom. The van der Waals surface area contributed by atoms with Crippen LogP contribution in [0.1, 0.15) is 44.6 Å². The van der Waals surface area contributed by atoms with Gasteiger partial charge < -0.3 is 24.3 Å². The molecule has 158 valence electrons. The Morgan fingerprint density at radius 3 is 2.25 bits per heavy atom. The van der Waals surface area contributed by atoms with Gasteiger partial charge in [-0.25, -0.2) is 0 Å². The number of nitrogens with one attached hydrogen (secondary N) is 1. The maximum Gasteiger partial charge on any atom is 0.203 e. The molecule has 1 aromatic rings. The third-order valence-electron chi connectivity index (χ3n) is 6.04. The van der Waals surface area contributed by atoms with E-state index in [1.807, 2.05) is 19.1 Å². The first-order valence-electron chi connectivity index (χ1n) is 10.6. The molecule has 0 aromatic heterocycles. The molecule has 0 spiro atoms. The summed E-state index contributed by atoms with van der Waals surface area (Å²) in [5.41, 5.74) is 1.36. The molecule has 0 unspecified atom stereocenters. The summed E-state index contributed by atoms with van der Waals surface area (Å²) < 4.78 is 22.5. The molecule has 6 heteroatoms. The number of hydrogen-bond acceptors (Lipinski definition) is 6. The van der Waals surface area contributed by atoms with Crippen molar-refractivity contribution in [1.29, 1.82) is 0 Å². The molecule has 2 fully saturated rings. The average Bonchev–Trinajstić information content (AvgIpc) is 2.75. The number of benzene rings is 1.